The van der Waals surface area contributed by atoms with Gasteiger partial charge in [0.2, 0.25) is 0 Å². The van der Waals surface area contributed by atoms with E-state index in [2.05, 4.69) is 11.2 Å². The van der Waals surface area contributed by atoms with E-state index in [-0.39, 0.29) is 5.56 Å². The Morgan fingerprint density at radius 3 is 2.62 bits per heavy atom. The minimum absolute atomic E-state index is 0.226. The second kappa shape index (κ2) is 5.93. The van der Waals surface area contributed by atoms with Crippen LogP contribution < -0.4 is 0 Å². The summed E-state index contributed by atoms with van der Waals surface area (Å²) < 4.78 is 1.57. The van der Waals surface area contributed by atoms with Crippen LogP contribution >= 0.6 is 0 Å². The number of hydrogen-bond acceptors (Lipinski definition) is 2. The molecule has 1 aromatic carbocycles. The first kappa shape index (κ1) is 15.2. The molecule has 1 N–H and O–H groups in total. The van der Waals surface area contributed by atoms with Crippen molar-refractivity contribution >= 4 is 5.97 Å². The first-order valence-corrected chi connectivity index (χ1v) is 8.63. The number of aromatic carboxylic acids is 1. The average molecular weight is 322 g/mol. The van der Waals surface area contributed by atoms with E-state index in [9.17, 15) is 4.79 Å². The summed E-state index contributed by atoms with van der Waals surface area (Å²) in [7, 11) is 1.73. The number of allylic oxidation sites excluding steroid dienone is 2. The van der Waals surface area contributed by atoms with Gasteiger partial charge in [0.05, 0.1) is 11.9 Å². The summed E-state index contributed by atoms with van der Waals surface area (Å²) >= 11 is 0. The number of rotatable bonds is 2. The number of nitrogens with zero attached hydrogens (tertiary/aromatic N) is 2. The molecular formula is C20H22N2O2. The Kier molecular flexibility index (Phi) is 3.75. The van der Waals surface area contributed by atoms with Crippen LogP contribution in [0.4, 0.5) is 0 Å². The van der Waals surface area contributed by atoms with Gasteiger partial charge in [0, 0.05) is 12.6 Å². The van der Waals surface area contributed by atoms with Crippen LogP contribution in [0, 0.1) is 17.8 Å². The predicted octanol–water partition coefficient (Wildman–Crippen LogP) is 4.15. The molecule has 0 amide bonds. The Balaban J connectivity index is 0.000000136. The van der Waals surface area contributed by atoms with Gasteiger partial charge in [-0.3, -0.25) is 4.68 Å². The highest BCUT2D eigenvalue weighted by atomic mass is 16.4. The van der Waals surface area contributed by atoms with Crippen molar-refractivity contribution in [2.45, 2.75) is 25.7 Å². The van der Waals surface area contributed by atoms with Crippen molar-refractivity contribution in [2.24, 2.45) is 24.8 Å². The number of carboxylic acids is 1. The van der Waals surface area contributed by atoms with Crippen LogP contribution in [0.15, 0.2) is 48.2 Å². The molecule has 0 saturated heterocycles. The van der Waals surface area contributed by atoms with Gasteiger partial charge in [-0.05, 0) is 43.4 Å². The molecule has 2 aromatic rings. The summed E-state index contributed by atoms with van der Waals surface area (Å²) in [5, 5.41) is 12.9. The molecule has 1 aromatic heterocycles. The molecule has 3 atom stereocenters. The van der Waals surface area contributed by atoms with Gasteiger partial charge in [-0.2, -0.15) is 5.10 Å². The van der Waals surface area contributed by atoms with Crippen molar-refractivity contribution in [3.05, 3.63) is 53.7 Å². The third kappa shape index (κ3) is 2.66. The van der Waals surface area contributed by atoms with Gasteiger partial charge in [0.25, 0.3) is 0 Å². The van der Waals surface area contributed by atoms with Crippen molar-refractivity contribution in [3.63, 3.8) is 0 Å². The standard InChI is InChI=1S/C11H10N2O2.C9H12/c1-13-10(8-5-3-2-4-6-8)9(7-12-13)11(14)15;1-6-2-8-4-7(1)5-9(8)3-6/h2-7H,1H3,(H,14,15);2,6-7,9H,1,3-5H2. The van der Waals surface area contributed by atoms with Crippen LogP contribution in [0.2, 0.25) is 0 Å². The predicted molar refractivity (Wildman–Crippen MR) is 92.6 cm³/mol. The fourth-order valence-corrected chi connectivity index (χ4v) is 4.63. The third-order valence-corrected chi connectivity index (χ3v) is 5.56. The summed E-state index contributed by atoms with van der Waals surface area (Å²) in [5.74, 6) is 2.25. The van der Waals surface area contributed by atoms with Crippen LogP contribution in [0.5, 0.6) is 0 Å². The fraction of sp³-hybridized carbons (Fsp3) is 0.400. The Labute approximate surface area is 141 Å². The molecule has 3 unspecified atom stereocenters. The zero-order valence-electron chi connectivity index (χ0n) is 13.9. The molecule has 24 heavy (non-hydrogen) atoms. The normalized spacial score (nSPS) is 26.0. The minimum Gasteiger partial charge on any atom is -0.478 e. The van der Waals surface area contributed by atoms with Crippen molar-refractivity contribution < 1.29 is 9.90 Å². The quantitative estimate of drug-likeness (QED) is 0.845. The molecule has 124 valence electrons. The molecule has 4 nitrogen and oxygen atoms in total. The number of carboxylic acid groups (broad SMARTS) is 1. The molecule has 2 saturated carbocycles. The van der Waals surface area contributed by atoms with Gasteiger partial charge >= 0.3 is 5.97 Å². The molecule has 1 heterocycles. The summed E-state index contributed by atoms with van der Waals surface area (Å²) in [6, 6.07) is 9.36. The monoisotopic (exact) mass is 322 g/mol. The smallest absolute Gasteiger partial charge is 0.339 e. The lowest BCUT2D eigenvalue weighted by atomic mass is 9.84. The number of benzene rings is 1. The topological polar surface area (TPSA) is 55.1 Å². The van der Waals surface area contributed by atoms with Crippen LogP contribution in [0.1, 0.15) is 36.0 Å². The van der Waals surface area contributed by atoms with E-state index < -0.39 is 5.97 Å². The lowest BCUT2D eigenvalue weighted by molar-refractivity contribution is 0.0697. The van der Waals surface area contributed by atoms with Gasteiger partial charge in [-0.25, -0.2) is 4.79 Å². The van der Waals surface area contributed by atoms with Crippen molar-refractivity contribution in [2.75, 3.05) is 0 Å². The van der Waals surface area contributed by atoms with Crippen molar-refractivity contribution in [1.29, 1.82) is 0 Å². The van der Waals surface area contributed by atoms with Crippen molar-refractivity contribution in [3.8, 4) is 11.3 Å². The van der Waals surface area contributed by atoms with E-state index in [1.54, 1.807) is 18.2 Å². The number of hydrogen-bond donors (Lipinski definition) is 1. The fourth-order valence-electron chi connectivity index (χ4n) is 4.63. The third-order valence-electron chi connectivity index (χ3n) is 5.56. The SMILES string of the molecule is C1=C2CC3CC1CC2C3.Cn1ncc(C(=O)O)c1-c1ccccc1. The molecule has 4 bridgehead atoms. The maximum absolute atomic E-state index is 11.0. The summed E-state index contributed by atoms with van der Waals surface area (Å²) in [5.41, 5.74) is 3.54. The summed E-state index contributed by atoms with van der Waals surface area (Å²) in [6.45, 7) is 0. The van der Waals surface area contributed by atoms with Crippen LogP contribution in [-0.2, 0) is 7.05 Å². The van der Waals surface area contributed by atoms with Gasteiger partial charge in [0.1, 0.15) is 5.56 Å². The molecular weight excluding hydrogens is 300 g/mol. The first-order chi connectivity index (χ1) is 11.6. The molecule has 6 rings (SSSR count). The van der Waals surface area contributed by atoms with E-state index in [1.165, 1.54) is 25.5 Å². The summed E-state index contributed by atoms with van der Waals surface area (Å²) in [4.78, 5) is 11.0. The lowest BCUT2D eigenvalue weighted by Crippen LogP contribution is -2.10. The van der Waals surface area contributed by atoms with E-state index in [0.717, 1.165) is 23.3 Å². The molecule has 4 aliphatic rings. The van der Waals surface area contributed by atoms with E-state index in [4.69, 9.17) is 5.11 Å². The zero-order valence-corrected chi connectivity index (χ0v) is 13.9. The Morgan fingerprint density at radius 1 is 1.21 bits per heavy atom. The maximum atomic E-state index is 11.0. The Bertz CT molecular complexity index is 789. The number of carbonyl (C=O) groups is 1. The van der Waals surface area contributed by atoms with E-state index >= 15 is 0 Å². The number of aromatic nitrogens is 2. The molecule has 0 aliphatic heterocycles. The minimum atomic E-state index is -0.957. The molecule has 2 fully saturated rings. The Hall–Kier alpha value is -2.36. The van der Waals surface area contributed by atoms with Crippen LogP contribution in [-0.4, -0.2) is 20.9 Å². The highest BCUT2D eigenvalue weighted by molar-refractivity contribution is 5.94. The number of aryl methyl sites for hydroxylation is 1. The van der Waals surface area contributed by atoms with Gasteiger partial charge in [-0.15, -0.1) is 0 Å². The lowest BCUT2D eigenvalue weighted by Gasteiger charge is -2.21. The van der Waals surface area contributed by atoms with E-state index in [1.807, 2.05) is 35.9 Å². The second-order valence-corrected chi connectivity index (χ2v) is 7.18. The second-order valence-electron chi connectivity index (χ2n) is 7.18. The molecule has 0 spiro atoms. The maximum Gasteiger partial charge on any atom is 0.339 e. The largest absolute Gasteiger partial charge is 0.478 e. The molecule has 4 heteroatoms. The first-order valence-electron chi connectivity index (χ1n) is 8.63. The van der Waals surface area contributed by atoms with Gasteiger partial charge < -0.3 is 5.11 Å². The van der Waals surface area contributed by atoms with E-state index in [0.29, 0.717) is 5.69 Å². The zero-order chi connectivity index (χ0) is 16.7. The highest BCUT2D eigenvalue weighted by Crippen LogP contribution is 2.53. The molecule has 4 aliphatic carbocycles. The van der Waals surface area contributed by atoms with Gasteiger partial charge in [0.15, 0.2) is 0 Å². The Morgan fingerprint density at radius 2 is 2.00 bits per heavy atom. The molecule has 0 radical (unpaired) electrons. The van der Waals surface area contributed by atoms with Gasteiger partial charge in [-0.1, -0.05) is 42.0 Å². The van der Waals surface area contributed by atoms with Crippen molar-refractivity contribution in [1.82, 2.24) is 9.78 Å². The van der Waals surface area contributed by atoms with Crippen LogP contribution in [0.25, 0.3) is 11.3 Å². The highest BCUT2D eigenvalue weighted by Gasteiger charge is 2.41. The average Bonchev–Trinajstić information content (AvgIpc) is 3.18. The summed E-state index contributed by atoms with van der Waals surface area (Å²) in [6.07, 6.45) is 9.99. The van der Waals surface area contributed by atoms with Crippen LogP contribution in [0.3, 0.4) is 0 Å².